The number of carbonyl (C=O) groups excluding carboxylic acids is 2. The number of ketones is 1. The standard InChI is InChI=1S/C12H20NO3/c1-3-16-12(15)8-13(2)9-4-5-10(13)7-11(14)6-9/h9-10H,3-8H2,1-2H3/q+1. The number of hydrogen-bond donors (Lipinski definition) is 0. The van der Waals surface area contributed by atoms with Crippen LogP contribution in [0.3, 0.4) is 0 Å². The second-order valence-corrected chi connectivity index (χ2v) is 5.14. The maximum absolute atomic E-state index is 11.6. The van der Waals surface area contributed by atoms with Crippen molar-refractivity contribution in [1.82, 2.24) is 0 Å². The maximum Gasteiger partial charge on any atom is 0.361 e. The first-order chi connectivity index (χ1) is 7.56. The molecule has 4 nitrogen and oxygen atoms in total. The highest BCUT2D eigenvalue weighted by Gasteiger charge is 2.52. The molecule has 0 radical (unpaired) electrons. The van der Waals surface area contributed by atoms with Crippen molar-refractivity contribution in [2.45, 2.75) is 44.7 Å². The number of Topliss-reactive ketones (excluding diaryl/α,β-unsaturated/α-hetero) is 1. The van der Waals surface area contributed by atoms with Gasteiger partial charge in [-0.2, -0.15) is 0 Å². The zero-order chi connectivity index (χ0) is 11.8. The Morgan fingerprint density at radius 3 is 2.44 bits per heavy atom. The molecule has 0 aromatic carbocycles. The quantitative estimate of drug-likeness (QED) is 0.530. The van der Waals surface area contributed by atoms with E-state index in [4.69, 9.17) is 4.74 Å². The summed E-state index contributed by atoms with van der Waals surface area (Å²) in [6.07, 6.45) is 3.44. The number of hydrogen-bond acceptors (Lipinski definition) is 3. The molecule has 2 saturated heterocycles. The molecule has 0 N–H and O–H groups in total. The summed E-state index contributed by atoms with van der Waals surface area (Å²) < 4.78 is 5.75. The van der Waals surface area contributed by atoms with E-state index in [-0.39, 0.29) is 5.97 Å². The summed E-state index contributed by atoms with van der Waals surface area (Å²) in [6.45, 7) is 2.69. The number of esters is 1. The topological polar surface area (TPSA) is 43.4 Å². The molecule has 0 aromatic rings. The Kier molecular flexibility index (Phi) is 3.02. The molecule has 2 rings (SSSR count). The molecule has 0 aromatic heterocycles. The third-order valence-corrected chi connectivity index (χ3v) is 4.20. The van der Waals surface area contributed by atoms with Crippen molar-refractivity contribution in [2.24, 2.45) is 0 Å². The van der Waals surface area contributed by atoms with Gasteiger partial charge in [0.05, 0.1) is 38.6 Å². The molecule has 90 valence electrons. The first-order valence-corrected chi connectivity index (χ1v) is 6.08. The Morgan fingerprint density at radius 2 is 1.94 bits per heavy atom. The number of quaternary nitrogens is 1. The van der Waals surface area contributed by atoms with Gasteiger partial charge in [0.25, 0.3) is 0 Å². The van der Waals surface area contributed by atoms with Gasteiger partial charge in [-0.25, -0.2) is 4.79 Å². The van der Waals surface area contributed by atoms with Gasteiger partial charge >= 0.3 is 5.97 Å². The predicted molar refractivity (Wildman–Crippen MR) is 58.7 cm³/mol. The fraction of sp³-hybridized carbons (Fsp3) is 0.833. The highest BCUT2D eigenvalue weighted by atomic mass is 16.5. The van der Waals surface area contributed by atoms with Gasteiger partial charge < -0.3 is 9.22 Å². The van der Waals surface area contributed by atoms with Crippen LogP contribution in [-0.2, 0) is 14.3 Å². The summed E-state index contributed by atoms with van der Waals surface area (Å²) in [5.41, 5.74) is 0. The molecular formula is C12H20NO3+. The van der Waals surface area contributed by atoms with Crippen LogP contribution in [0.2, 0.25) is 0 Å². The molecule has 0 aliphatic carbocycles. The number of carbonyl (C=O) groups is 2. The summed E-state index contributed by atoms with van der Waals surface area (Å²) in [5, 5.41) is 0. The van der Waals surface area contributed by atoms with Crippen LogP contribution in [0.15, 0.2) is 0 Å². The Balaban J connectivity index is 2.07. The van der Waals surface area contributed by atoms with Crippen LogP contribution < -0.4 is 0 Å². The van der Waals surface area contributed by atoms with E-state index < -0.39 is 0 Å². The predicted octanol–water partition coefficient (Wildman–Crippen LogP) is 0.890. The second-order valence-electron chi connectivity index (χ2n) is 5.14. The van der Waals surface area contributed by atoms with E-state index >= 15 is 0 Å². The van der Waals surface area contributed by atoms with Crippen LogP contribution in [0, 0.1) is 0 Å². The van der Waals surface area contributed by atoms with Crippen LogP contribution in [0.1, 0.15) is 32.6 Å². The molecular weight excluding hydrogens is 206 g/mol. The van der Waals surface area contributed by atoms with Crippen LogP contribution in [0.5, 0.6) is 0 Å². The fourth-order valence-corrected chi connectivity index (χ4v) is 3.25. The third kappa shape index (κ3) is 1.86. The lowest BCUT2D eigenvalue weighted by atomic mass is 9.98. The molecule has 16 heavy (non-hydrogen) atoms. The minimum Gasteiger partial charge on any atom is -0.462 e. The first-order valence-electron chi connectivity index (χ1n) is 6.08. The molecule has 0 saturated carbocycles. The van der Waals surface area contributed by atoms with Gasteiger partial charge in [-0.3, -0.25) is 4.79 Å². The Hall–Kier alpha value is -0.900. The van der Waals surface area contributed by atoms with Crippen molar-refractivity contribution in [2.75, 3.05) is 20.2 Å². The maximum atomic E-state index is 11.6. The molecule has 4 heteroatoms. The molecule has 2 atom stereocenters. The van der Waals surface area contributed by atoms with Crippen molar-refractivity contribution >= 4 is 11.8 Å². The normalized spacial score (nSPS) is 37.5. The molecule has 2 aliphatic heterocycles. The summed E-state index contributed by atoms with van der Waals surface area (Å²) in [7, 11) is 2.10. The number of likely N-dealkylation sites (N-methyl/N-ethyl adjacent to an activating group) is 1. The summed E-state index contributed by atoms with van der Waals surface area (Å²) >= 11 is 0. The average Bonchev–Trinajstić information content (AvgIpc) is 2.39. The van der Waals surface area contributed by atoms with E-state index in [0.717, 1.165) is 17.3 Å². The van der Waals surface area contributed by atoms with Crippen LogP contribution in [0.25, 0.3) is 0 Å². The molecule has 2 aliphatic rings. The Morgan fingerprint density at radius 1 is 1.38 bits per heavy atom. The van der Waals surface area contributed by atoms with Crippen LogP contribution >= 0.6 is 0 Å². The zero-order valence-electron chi connectivity index (χ0n) is 10.1. The van der Waals surface area contributed by atoms with Crippen molar-refractivity contribution in [1.29, 1.82) is 0 Å². The smallest absolute Gasteiger partial charge is 0.361 e. The van der Waals surface area contributed by atoms with Gasteiger partial charge in [-0.1, -0.05) is 0 Å². The van der Waals surface area contributed by atoms with Crippen molar-refractivity contribution in [3.63, 3.8) is 0 Å². The minimum absolute atomic E-state index is 0.128. The van der Waals surface area contributed by atoms with E-state index in [2.05, 4.69) is 7.05 Å². The molecule has 2 unspecified atom stereocenters. The van der Waals surface area contributed by atoms with E-state index in [1.165, 1.54) is 0 Å². The van der Waals surface area contributed by atoms with E-state index in [0.29, 0.717) is 43.9 Å². The molecule has 2 bridgehead atoms. The largest absolute Gasteiger partial charge is 0.462 e. The van der Waals surface area contributed by atoms with Gasteiger partial charge in [0.1, 0.15) is 5.78 Å². The summed E-state index contributed by atoms with van der Waals surface area (Å²) in [5.74, 6) is 0.239. The Labute approximate surface area is 96.1 Å². The minimum atomic E-state index is -0.128. The van der Waals surface area contributed by atoms with Crippen molar-refractivity contribution in [3.8, 4) is 0 Å². The number of nitrogens with zero attached hydrogens (tertiary/aromatic N) is 1. The lowest BCUT2D eigenvalue weighted by molar-refractivity contribution is -0.938. The van der Waals surface area contributed by atoms with E-state index in [1.54, 1.807) is 0 Å². The average molecular weight is 226 g/mol. The Bertz CT molecular complexity index is 297. The van der Waals surface area contributed by atoms with Crippen LogP contribution in [0.4, 0.5) is 0 Å². The van der Waals surface area contributed by atoms with Crippen molar-refractivity contribution in [3.05, 3.63) is 0 Å². The van der Waals surface area contributed by atoms with E-state index in [1.807, 2.05) is 6.92 Å². The van der Waals surface area contributed by atoms with Crippen molar-refractivity contribution < 1.29 is 18.8 Å². The highest BCUT2D eigenvalue weighted by molar-refractivity contribution is 5.80. The molecule has 2 fully saturated rings. The number of rotatable bonds is 3. The zero-order valence-corrected chi connectivity index (χ0v) is 10.1. The molecule has 0 spiro atoms. The third-order valence-electron chi connectivity index (χ3n) is 4.20. The molecule has 0 amide bonds. The molecule has 2 heterocycles. The SMILES string of the molecule is CCOC(=O)C[N+]1(C)C2CCC1CC(=O)C2. The monoisotopic (exact) mass is 226 g/mol. The lowest BCUT2D eigenvalue weighted by Gasteiger charge is -2.43. The van der Waals surface area contributed by atoms with Gasteiger partial charge in [-0.05, 0) is 6.92 Å². The summed E-state index contributed by atoms with van der Waals surface area (Å²) in [4.78, 5) is 23.1. The number of piperidine rings is 1. The van der Waals surface area contributed by atoms with Gasteiger partial charge in [-0.15, -0.1) is 0 Å². The number of ether oxygens (including phenoxy) is 1. The van der Waals surface area contributed by atoms with Gasteiger partial charge in [0.15, 0.2) is 6.54 Å². The lowest BCUT2D eigenvalue weighted by Crippen LogP contribution is -2.60. The fourth-order valence-electron chi connectivity index (χ4n) is 3.25. The second kappa shape index (κ2) is 4.17. The summed E-state index contributed by atoms with van der Waals surface area (Å²) in [6, 6.07) is 0.686. The number of fused-ring (bicyclic) bond motifs is 2. The van der Waals surface area contributed by atoms with Gasteiger partial charge in [0.2, 0.25) is 0 Å². The first kappa shape index (κ1) is 11.6. The van der Waals surface area contributed by atoms with Gasteiger partial charge in [0, 0.05) is 12.8 Å². The van der Waals surface area contributed by atoms with Crippen LogP contribution in [-0.4, -0.2) is 48.5 Å². The highest BCUT2D eigenvalue weighted by Crippen LogP contribution is 2.39. The van der Waals surface area contributed by atoms with E-state index in [9.17, 15) is 9.59 Å².